The van der Waals surface area contributed by atoms with Gasteiger partial charge in [-0.25, -0.2) is 0 Å². The third-order valence-corrected chi connectivity index (χ3v) is 3.05. The number of halogens is 3. The number of hydrogen-bond donors (Lipinski definition) is 0. The van der Waals surface area contributed by atoms with Crippen LogP contribution in [0.25, 0.3) is 0 Å². The zero-order chi connectivity index (χ0) is 10.7. The molecule has 0 aliphatic rings. The Balaban J connectivity index is 3.16. The SMILES string of the molecule is CCN(CC)c1nnc(Cl)c(Cl)c1Cl. The lowest BCUT2D eigenvalue weighted by Gasteiger charge is -2.20. The molecule has 0 fully saturated rings. The van der Waals surface area contributed by atoms with E-state index in [2.05, 4.69) is 10.2 Å². The van der Waals surface area contributed by atoms with Gasteiger partial charge in [-0.15, -0.1) is 10.2 Å². The molecule has 3 nitrogen and oxygen atoms in total. The van der Waals surface area contributed by atoms with Crippen molar-refractivity contribution < 1.29 is 0 Å². The van der Waals surface area contributed by atoms with Gasteiger partial charge in [-0.2, -0.15) is 0 Å². The van der Waals surface area contributed by atoms with Gasteiger partial charge in [0.15, 0.2) is 11.0 Å². The molecule has 0 N–H and O–H groups in total. The summed E-state index contributed by atoms with van der Waals surface area (Å²) in [5.41, 5.74) is 0. The van der Waals surface area contributed by atoms with E-state index in [1.807, 2.05) is 18.7 Å². The van der Waals surface area contributed by atoms with Crippen molar-refractivity contribution in [2.45, 2.75) is 13.8 Å². The van der Waals surface area contributed by atoms with Crippen molar-refractivity contribution in [3.8, 4) is 0 Å². The number of nitrogens with zero attached hydrogens (tertiary/aromatic N) is 3. The number of anilines is 1. The van der Waals surface area contributed by atoms with Crippen LogP contribution in [0.4, 0.5) is 5.82 Å². The fourth-order valence-electron chi connectivity index (χ4n) is 1.09. The van der Waals surface area contributed by atoms with Gasteiger partial charge in [0.05, 0.1) is 0 Å². The minimum absolute atomic E-state index is 0.132. The van der Waals surface area contributed by atoms with Crippen LogP contribution in [0.5, 0.6) is 0 Å². The first-order valence-electron chi connectivity index (χ1n) is 4.23. The standard InChI is InChI=1S/C8H10Cl3N3/c1-3-14(4-2)8-6(10)5(9)7(11)12-13-8/h3-4H2,1-2H3. The van der Waals surface area contributed by atoms with Gasteiger partial charge in [0.1, 0.15) is 10.0 Å². The van der Waals surface area contributed by atoms with E-state index >= 15 is 0 Å². The van der Waals surface area contributed by atoms with E-state index < -0.39 is 0 Å². The minimum atomic E-state index is 0.132. The van der Waals surface area contributed by atoms with Crippen molar-refractivity contribution in [3.05, 3.63) is 15.2 Å². The molecule has 1 aromatic rings. The zero-order valence-electron chi connectivity index (χ0n) is 7.89. The number of aromatic nitrogens is 2. The smallest absolute Gasteiger partial charge is 0.171 e. The molecule has 0 aromatic carbocycles. The first-order chi connectivity index (χ1) is 6.61. The lowest BCUT2D eigenvalue weighted by atomic mass is 10.4. The molecule has 0 unspecified atom stereocenters. The Labute approximate surface area is 98.0 Å². The first-order valence-corrected chi connectivity index (χ1v) is 5.37. The third-order valence-electron chi connectivity index (χ3n) is 1.87. The Hall–Kier alpha value is -0.250. The predicted octanol–water partition coefficient (Wildman–Crippen LogP) is 3.28. The van der Waals surface area contributed by atoms with Gasteiger partial charge in [0.2, 0.25) is 0 Å². The number of rotatable bonds is 3. The van der Waals surface area contributed by atoms with Crippen molar-refractivity contribution >= 4 is 40.6 Å². The summed E-state index contributed by atoms with van der Waals surface area (Å²) in [6.07, 6.45) is 0. The lowest BCUT2D eigenvalue weighted by Crippen LogP contribution is -2.23. The maximum Gasteiger partial charge on any atom is 0.171 e. The average Bonchev–Trinajstić information content (AvgIpc) is 2.19. The van der Waals surface area contributed by atoms with Crippen LogP contribution in [-0.2, 0) is 0 Å². The Kier molecular flexibility index (Phi) is 4.23. The normalized spacial score (nSPS) is 10.4. The Morgan fingerprint density at radius 3 is 2.07 bits per heavy atom. The molecule has 0 saturated heterocycles. The summed E-state index contributed by atoms with van der Waals surface area (Å²) in [5.74, 6) is 0.575. The van der Waals surface area contributed by atoms with Crippen molar-refractivity contribution in [3.63, 3.8) is 0 Å². The summed E-state index contributed by atoms with van der Waals surface area (Å²) >= 11 is 17.5. The van der Waals surface area contributed by atoms with E-state index in [4.69, 9.17) is 34.8 Å². The average molecular weight is 255 g/mol. The van der Waals surface area contributed by atoms with E-state index in [9.17, 15) is 0 Å². The third kappa shape index (κ3) is 2.22. The molecule has 6 heteroatoms. The predicted molar refractivity (Wildman–Crippen MR) is 60.6 cm³/mol. The van der Waals surface area contributed by atoms with E-state index in [0.717, 1.165) is 13.1 Å². The van der Waals surface area contributed by atoms with Gasteiger partial charge < -0.3 is 4.90 Å². The lowest BCUT2D eigenvalue weighted by molar-refractivity contribution is 0.825. The Bertz CT molecular complexity index is 326. The van der Waals surface area contributed by atoms with E-state index in [1.54, 1.807) is 0 Å². The van der Waals surface area contributed by atoms with Crippen LogP contribution in [0, 0.1) is 0 Å². The van der Waals surface area contributed by atoms with Crippen molar-refractivity contribution in [1.29, 1.82) is 0 Å². The fourth-order valence-corrected chi connectivity index (χ4v) is 1.64. The summed E-state index contributed by atoms with van der Waals surface area (Å²) < 4.78 is 0. The van der Waals surface area contributed by atoms with E-state index in [-0.39, 0.29) is 10.2 Å². The van der Waals surface area contributed by atoms with Crippen LogP contribution in [0.15, 0.2) is 0 Å². The molecule has 78 valence electrons. The molecule has 1 rings (SSSR count). The van der Waals surface area contributed by atoms with Gasteiger partial charge in [-0.1, -0.05) is 34.8 Å². The quantitative estimate of drug-likeness (QED) is 0.829. The highest BCUT2D eigenvalue weighted by Crippen LogP contribution is 2.33. The molecule has 0 bridgehead atoms. The summed E-state index contributed by atoms with van der Waals surface area (Å²) in [7, 11) is 0. The highest BCUT2D eigenvalue weighted by molar-refractivity contribution is 6.48. The molecular weight excluding hydrogens is 244 g/mol. The molecular formula is C8H10Cl3N3. The van der Waals surface area contributed by atoms with Gasteiger partial charge in [0, 0.05) is 13.1 Å². The highest BCUT2D eigenvalue weighted by atomic mass is 35.5. The maximum absolute atomic E-state index is 5.99. The molecule has 14 heavy (non-hydrogen) atoms. The van der Waals surface area contributed by atoms with Crippen molar-refractivity contribution in [2.75, 3.05) is 18.0 Å². The molecule has 0 radical (unpaired) electrons. The van der Waals surface area contributed by atoms with Crippen molar-refractivity contribution in [1.82, 2.24) is 10.2 Å². The van der Waals surface area contributed by atoms with Gasteiger partial charge >= 0.3 is 0 Å². The minimum Gasteiger partial charge on any atom is -0.354 e. The summed E-state index contributed by atoms with van der Waals surface area (Å²) in [6, 6.07) is 0. The molecule has 1 aromatic heterocycles. The first kappa shape index (κ1) is 11.8. The molecule has 0 amide bonds. The summed E-state index contributed by atoms with van der Waals surface area (Å²) in [5, 5.41) is 8.37. The van der Waals surface area contributed by atoms with Gasteiger partial charge in [-0.05, 0) is 13.8 Å². The molecule has 1 heterocycles. The number of hydrogen-bond acceptors (Lipinski definition) is 3. The molecule has 0 saturated carbocycles. The molecule has 0 aliphatic heterocycles. The van der Waals surface area contributed by atoms with Crippen LogP contribution in [0.1, 0.15) is 13.8 Å². The molecule has 0 aliphatic carbocycles. The van der Waals surface area contributed by atoms with E-state index in [0.29, 0.717) is 10.8 Å². The highest BCUT2D eigenvalue weighted by Gasteiger charge is 2.15. The summed E-state index contributed by atoms with van der Waals surface area (Å²) in [4.78, 5) is 1.96. The van der Waals surface area contributed by atoms with Crippen LogP contribution in [0.2, 0.25) is 15.2 Å². The Morgan fingerprint density at radius 1 is 1.00 bits per heavy atom. The maximum atomic E-state index is 5.99. The zero-order valence-corrected chi connectivity index (χ0v) is 10.2. The monoisotopic (exact) mass is 253 g/mol. The Morgan fingerprint density at radius 2 is 1.57 bits per heavy atom. The summed E-state index contributed by atoms with van der Waals surface area (Å²) in [6.45, 7) is 5.60. The van der Waals surface area contributed by atoms with Crippen LogP contribution in [-0.4, -0.2) is 23.3 Å². The van der Waals surface area contributed by atoms with Crippen LogP contribution in [0.3, 0.4) is 0 Å². The molecule has 0 spiro atoms. The molecule has 0 atom stereocenters. The van der Waals surface area contributed by atoms with Gasteiger partial charge in [0.25, 0.3) is 0 Å². The second kappa shape index (κ2) is 5.01. The van der Waals surface area contributed by atoms with Crippen molar-refractivity contribution in [2.24, 2.45) is 0 Å². The fraction of sp³-hybridized carbons (Fsp3) is 0.500. The van der Waals surface area contributed by atoms with Crippen LogP contribution < -0.4 is 4.90 Å². The second-order valence-corrected chi connectivity index (χ2v) is 3.73. The van der Waals surface area contributed by atoms with Gasteiger partial charge in [-0.3, -0.25) is 0 Å². The second-order valence-electron chi connectivity index (χ2n) is 2.61. The van der Waals surface area contributed by atoms with Crippen LogP contribution >= 0.6 is 34.8 Å². The topological polar surface area (TPSA) is 29.0 Å². The van der Waals surface area contributed by atoms with E-state index in [1.165, 1.54) is 0 Å². The largest absolute Gasteiger partial charge is 0.354 e.